The first kappa shape index (κ1) is 19.4. The van der Waals surface area contributed by atoms with Gasteiger partial charge in [0, 0.05) is 30.0 Å². The first-order valence-electron chi connectivity index (χ1n) is 8.63. The molecule has 0 aliphatic carbocycles. The van der Waals surface area contributed by atoms with Crippen LogP contribution < -0.4 is 5.32 Å². The number of rotatable bonds is 9. The Kier molecular flexibility index (Phi) is 6.47. The fraction of sp³-hybridized carbons (Fsp3) is 0.250. The Hall–Kier alpha value is -2.38. The minimum atomic E-state index is 0.114. The van der Waals surface area contributed by atoms with Gasteiger partial charge in [0.25, 0.3) is 0 Å². The van der Waals surface area contributed by atoms with Gasteiger partial charge in [-0.3, -0.25) is 4.79 Å². The smallest absolute Gasteiger partial charge is 0.206 e. The second-order valence-electron chi connectivity index (χ2n) is 6.11. The van der Waals surface area contributed by atoms with E-state index in [1.54, 1.807) is 6.08 Å². The Morgan fingerprint density at radius 3 is 2.81 bits per heavy atom. The van der Waals surface area contributed by atoms with E-state index in [-0.39, 0.29) is 5.78 Å². The van der Waals surface area contributed by atoms with Gasteiger partial charge in [-0.2, -0.15) is 0 Å². The summed E-state index contributed by atoms with van der Waals surface area (Å²) in [6.45, 7) is 9.13. The minimum absolute atomic E-state index is 0.114. The molecule has 1 aromatic carbocycles. The van der Waals surface area contributed by atoms with E-state index in [0.29, 0.717) is 12.3 Å². The lowest BCUT2D eigenvalue weighted by molar-refractivity contribution is 0.102. The lowest BCUT2D eigenvalue weighted by Crippen LogP contribution is -2.07. The predicted molar refractivity (Wildman–Crippen MR) is 113 cm³/mol. The van der Waals surface area contributed by atoms with Crippen molar-refractivity contribution in [3.63, 3.8) is 0 Å². The number of benzene rings is 1. The number of hydrogen-bond donors (Lipinski definition) is 1. The average molecular weight is 399 g/mol. The van der Waals surface area contributed by atoms with E-state index in [0.717, 1.165) is 33.0 Å². The fourth-order valence-corrected chi connectivity index (χ4v) is 4.44. The molecule has 0 fully saturated rings. The highest BCUT2D eigenvalue weighted by Gasteiger charge is 2.17. The molecule has 1 N–H and O–H groups in total. The molecule has 0 saturated carbocycles. The average Bonchev–Trinajstić information content (AvgIpc) is 3.25. The highest BCUT2D eigenvalue weighted by atomic mass is 32.2. The number of aryl methyl sites for hydroxylation is 1. The number of nitrogens with one attached hydrogen (secondary N) is 1. The van der Waals surface area contributed by atoms with Gasteiger partial charge < -0.3 is 9.88 Å². The quantitative estimate of drug-likeness (QED) is 0.325. The van der Waals surface area contributed by atoms with Gasteiger partial charge in [0.05, 0.1) is 5.75 Å². The summed E-state index contributed by atoms with van der Waals surface area (Å²) in [4.78, 5) is 12.7. The summed E-state index contributed by atoms with van der Waals surface area (Å²) in [5, 5.41) is 12.0. The number of thioether (sulfide) groups is 1. The van der Waals surface area contributed by atoms with Crippen molar-refractivity contribution in [2.24, 2.45) is 0 Å². The van der Waals surface area contributed by atoms with E-state index in [2.05, 4.69) is 38.8 Å². The largest absolute Gasteiger partial charge is 0.357 e. The zero-order valence-electron chi connectivity index (χ0n) is 15.4. The molecule has 27 heavy (non-hydrogen) atoms. The molecule has 0 atom stereocenters. The van der Waals surface area contributed by atoms with Gasteiger partial charge in [-0.05, 0) is 25.5 Å². The number of aromatic nitrogens is 3. The Morgan fingerprint density at radius 1 is 1.30 bits per heavy atom. The summed E-state index contributed by atoms with van der Waals surface area (Å²) in [5.41, 5.74) is 4.11. The molecular weight excluding hydrogens is 376 g/mol. The third kappa shape index (κ3) is 4.87. The van der Waals surface area contributed by atoms with Crippen molar-refractivity contribution < 1.29 is 4.79 Å². The molecule has 7 heteroatoms. The molecule has 0 unspecified atom stereocenters. The second kappa shape index (κ2) is 9.01. The summed E-state index contributed by atoms with van der Waals surface area (Å²) in [7, 11) is 0. The van der Waals surface area contributed by atoms with E-state index in [4.69, 9.17) is 0 Å². The summed E-state index contributed by atoms with van der Waals surface area (Å²) < 4.78 is 2.98. The van der Waals surface area contributed by atoms with Crippen molar-refractivity contribution in [1.29, 1.82) is 0 Å². The van der Waals surface area contributed by atoms with Crippen molar-refractivity contribution in [3.05, 3.63) is 71.6 Å². The molecular formula is C20H22N4OS2. The Balaban J connectivity index is 1.65. The molecule has 0 spiro atoms. The fourth-order valence-electron chi connectivity index (χ4n) is 2.80. The maximum Gasteiger partial charge on any atom is 0.206 e. The standard InChI is InChI=1S/C20H22N4OS2/c1-4-10-21-19-22-23-20(27-19)26-13-18(25)17-11-14(2)24(15(17)3)12-16-8-6-5-7-9-16/h4-9,11H,1,10,12-13H2,2-3H3,(H,21,22). The van der Waals surface area contributed by atoms with Crippen molar-refractivity contribution >= 4 is 34.0 Å². The zero-order chi connectivity index (χ0) is 19.2. The van der Waals surface area contributed by atoms with E-state index < -0.39 is 0 Å². The lowest BCUT2D eigenvalue weighted by atomic mass is 10.2. The molecule has 5 nitrogen and oxygen atoms in total. The van der Waals surface area contributed by atoms with Crippen LogP contribution in [0.5, 0.6) is 0 Å². The third-order valence-corrected chi connectivity index (χ3v) is 6.20. The number of hydrogen-bond acceptors (Lipinski definition) is 6. The molecule has 3 aromatic rings. The highest BCUT2D eigenvalue weighted by Crippen LogP contribution is 2.27. The molecule has 0 radical (unpaired) electrons. The van der Waals surface area contributed by atoms with Gasteiger partial charge in [-0.15, -0.1) is 16.8 Å². The van der Waals surface area contributed by atoms with Crippen LogP contribution in [0.1, 0.15) is 27.3 Å². The van der Waals surface area contributed by atoms with Gasteiger partial charge >= 0.3 is 0 Å². The summed E-state index contributed by atoms with van der Waals surface area (Å²) >= 11 is 2.87. The minimum Gasteiger partial charge on any atom is -0.357 e. The van der Waals surface area contributed by atoms with Crippen LogP contribution in [-0.4, -0.2) is 32.8 Å². The van der Waals surface area contributed by atoms with Gasteiger partial charge in [-0.25, -0.2) is 0 Å². The van der Waals surface area contributed by atoms with E-state index in [1.165, 1.54) is 28.7 Å². The van der Waals surface area contributed by atoms with Crippen molar-refractivity contribution in [2.75, 3.05) is 17.6 Å². The number of ketones is 1. The molecule has 2 aromatic heterocycles. The van der Waals surface area contributed by atoms with Crippen molar-refractivity contribution in [1.82, 2.24) is 14.8 Å². The molecule has 0 saturated heterocycles. The first-order valence-corrected chi connectivity index (χ1v) is 10.4. The highest BCUT2D eigenvalue weighted by molar-refractivity contribution is 8.01. The normalized spacial score (nSPS) is 10.7. The maximum atomic E-state index is 12.7. The van der Waals surface area contributed by atoms with Gasteiger partial charge in [0.1, 0.15) is 0 Å². The Bertz CT molecular complexity index is 931. The number of Topliss-reactive ketones (excluding diaryl/α,β-unsaturated/α-hetero) is 1. The van der Waals surface area contributed by atoms with Crippen LogP contribution in [0.15, 0.2) is 53.4 Å². The molecule has 0 aliphatic heterocycles. The Morgan fingerprint density at radius 2 is 2.07 bits per heavy atom. The first-order chi connectivity index (χ1) is 13.1. The molecule has 0 amide bonds. The zero-order valence-corrected chi connectivity index (χ0v) is 17.1. The van der Waals surface area contributed by atoms with E-state index in [9.17, 15) is 4.79 Å². The SMILES string of the molecule is C=CCNc1nnc(SCC(=O)c2cc(C)n(Cc3ccccc3)c2C)s1. The molecule has 140 valence electrons. The van der Waals surface area contributed by atoms with Crippen LogP contribution in [0.25, 0.3) is 0 Å². The van der Waals surface area contributed by atoms with Crippen LogP contribution in [0.4, 0.5) is 5.13 Å². The van der Waals surface area contributed by atoms with Gasteiger partial charge in [0.2, 0.25) is 5.13 Å². The predicted octanol–water partition coefficient (Wildman–Crippen LogP) is 4.58. The van der Waals surface area contributed by atoms with Crippen LogP contribution in [0, 0.1) is 13.8 Å². The number of nitrogens with zero attached hydrogens (tertiary/aromatic N) is 3. The summed E-state index contributed by atoms with van der Waals surface area (Å²) in [6.07, 6.45) is 1.77. The monoisotopic (exact) mass is 398 g/mol. The maximum absolute atomic E-state index is 12.7. The second-order valence-corrected chi connectivity index (χ2v) is 8.31. The molecule has 3 rings (SSSR count). The molecule has 0 bridgehead atoms. The summed E-state index contributed by atoms with van der Waals surface area (Å²) in [6, 6.07) is 12.3. The number of carbonyl (C=O) groups is 1. The van der Waals surface area contributed by atoms with Gasteiger partial charge in [0.15, 0.2) is 10.1 Å². The van der Waals surface area contributed by atoms with Crippen LogP contribution in [0.2, 0.25) is 0 Å². The van der Waals surface area contributed by atoms with Crippen LogP contribution >= 0.6 is 23.1 Å². The number of carbonyl (C=O) groups excluding carboxylic acids is 1. The topological polar surface area (TPSA) is 59.8 Å². The van der Waals surface area contributed by atoms with Gasteiger partial charge in [-0.1, -0.05) is 59.5 Å². The summed E-state index contributed by atoms with van der Waals surface area (Å²) in [5.74, 6) is 0.467. The van der Waals surface area contributed by atoms with E-state index >= 15 is 0 Å². The number of anilines is 1. The molecule has 2 heterocycles. The molecule has 0 aliphatic rings. The van der Waals surface area contributed by atoms with Crippen molar-refractivity contribution in [2.45, 2.75) is 24.7 Å². The van der Waals surface area contributed by atoms with Crippen LogP contribution in [0.3, 0.4) is 0 Å². The lowest BCUT2D eigenvalue weighted by Gasteiger charge is -2.09. The Labute approximate surface area is 167 Å². The van der Waals surface area contributed by atoms with E-state index in [1.807, 2.05) is 38.1 Å². The van der Waals surface area contributed by atoms with Crippen LogP contribution in [-0.2, 0) is 6.54 Å². The third-order valence-electron chi connectivity index (χ3n) is 4.19. The van der Waals surface area contributed by atoms with Crippen molar-refractivity contribution in [3.8, 4) is 0 Å².